The number of ketones is 2. The molecule has 5 heteroatoms. The molecule has 0 bridgehead atoms. The van der Waals surface area contributed by atoms with E-state index in [1.165, 1.54) is 0 Å². The maximum absolute atomic E-state index is 13.4. The third kappa shape index (κ3) is 3.65. The van der Waals surface area contributed by atoms with Gasteiger partial charge >= 0.3 is 0 Å². The minimum Gasteiger partial charge on any atom is -0.395 e. The van der Waals surface area contributed by atoms with E-state index in [9.17, 15) is 14.7 Å². The van der Waals surface area contributed by atoms with Crippen molar-refractivity contribution in [2.45, 2.75) is 59.3 Å². The maximum Gasteiger partial charge on any atom is 0.162 e. The van der Waals surface area contributed by atoms with E-state index < -0.39 is 0 Å². The summed E-state index contributed by atoms with van der Waals surface area (Å²) in [4.78, 5) is 29.0. The number of rotatable bonds is 3. The average Bonchev–Trinajstić information content (AvgIpc) is 2.61. The standard InChI is InChI=1S/C25H30ClNO3/c1-24(2)11-17-22(19(29)13-24)21(15-5-7-16(26)8-6-15)23-18(27(17)9-10-28)12-25(3,4)14-20(23)30/h5-8,21,28H,9-14H2,1-4H3. The molecule has 2 aliphatic carbocycles. The highest BCUT2D eigenvalue weighted by atomic mass is 35.5. The molecule has 0 atom stereocenters. The Labute approximate surface area is 183 Å². The number of hydrogen-bond acceptors (Lipinski definition) is 4. The zero-order chi connectivity index (χ0) is 21.8. The molecule has 0 radical (unpaired) electrons. The monoisotopic (exact) mass is 427 g/mol. The number of aliphatic hydroxyl groups is 1. The van der Waals surface area contributed by atoms with E-state index in [0.717, 1.165) is 40.9 Å². The average molecular weight is 428 g/mol. The fourth-order valence-electron chi connectivity index (χ4n) is 5.41. The van der Waals surface area contributed by atoms with Gasteiger partial charge in [-0.25, -0.2) is 0 Å². The number of halogens is 1. The van der Waals surface area contributed by atoms with Crippen molar-refractivity contribution in [3.8, 4) is 0 Å². The van der Waals surface area contributed by atoms with Crippen LogP contribution in [0.3, 0.4) is 0 Å². The van der Waals surface area contributed by atoms with E-state index in [1.807, 2.05) is 24.3 Å². The normalized spacial score (nSPS) is 23.6. The van der Waals surface area contributed by atoms with Gasteiger partial charge in [0.15, 0.2) is 11.6 Å². The summed E-state index contributed by atoms with van der Waals surface area (Å²) in [5.41, 5.74) is 4.06. The van der Waals surface area contributed by atoms with Gasteiger partial charge in [-0.1, -0.05) is 51.4 Å². The summed E-state index contributed by atoms with van der Waals surface area (Å²) < 4.78 is 0. The molecule has 4 nitrogen and oxygen atoms in total. The van der Waals surface area contributed by atoms with Crippen molar-refractivity contribution in [1.82, 2.24) is 4.90 Å². The van der Waals surface area contributed by atoms with Crippen molar-refractivity contribution in [2.75, 3.05) is 13.2 Å². The molecule has 0 amide bonds. The molecule has 1 N–H and O–H groups in total. The smallest absolute Gasteiger partial charge is 0.162 e. The number of carbonyl (C=O) groups is 2. The van der Waals surface area contributed by atoms with Crippen molar-refractivity contribution in [2.24, 2.45) is 10.8 Å². The van der Waals surface area contributed by atoms with Crippen molar-refractivity contribution in [3.63, 3.8) is 0 Å². The Hall–Kier alpha value is -1.91. The highest BCUT2D eigenvalue weighted by Gasteiger charge is 2.48. The maximum atomic E-state index is 13.4. The van der Waals surface area contributed by atoms with Crippen molar-refractivity contribution >= 4 is 23.2 Å². The molecule has 0 aromatic heterocycles. The van der Waals surface area contributed by atoms with Crippen LogP contribution in [0.4, 0.5) is 0 Å². The van der Waals surface area contributed by atoms with E-state index in [0.29, 0.717) is 24.4 Å². The molecule has 160 valence electrons. The van der Waals surface area contributed by atoms with Gasteiger partial charge in [-0.15, -0.1) is 0 Å². The number of allylic oxidation sites excluding steroid dienone is 4. The zero-order valence-corrected chi connectivity index (χ0v) is 19.0. The van der Waals surface area contributed by atoms with Crippen LogP contribution in [0.15, 0.2) is 46.8 Å². The van der Waals surface area contributed by atoms with Gasteiger partial charge in [-0.3, -0.25) is 9.59 Å². The minimum atomic E-state index is -0.352. The molecule has 0 saturated carbocycles. The van der Waals surface area contributed by atoms with Gasteiger partial charge in [0.2, 0.25) is 0 Å². The first kappa shape index (κ1) is 21.3. The highest BCUT2D eigenvalue weighted by molar-refractivity contribution is 6.30. The first-order valence-corrected chi connectivity index (χ1v) is 11.1. The topological polar surface area (TPSA) is 57.6 Å². The number of nitrogens with zero attached hydrogens (tertiary/aromatic N) is 1. The van der Waals surface area contributed by atoms with Crippen LogP contribution in [0, 0.1) is 10.8 Å². The van der Waals surface area contributed by atoms with Crippen LogP contribution >= 0.6 is 11.6 Å². The summed E-state index contributed by atoms with van der Waals surface area (Å²) >= 11 is 6.13. The summed E-state index contributed by atoms with van der Waals surface area (Å²) in [6, 6.07) is 7.52. The summed E-state index contributed by atoms with van der Waals surface area (Å²) in [5, 5.41) is 10.5. The van der Waals surface area contributed by atoms with Crippen LogP contribution in [0.25, 0.3) is 0 Å². The quantitative estimate of drug-likeness (QED) is 0.735. The van der Waals surface area contributed by atoms with E-state index in [-0.39, 0.29) is 34.9 Å². The predicted octanol–water partition coefficient (Wildman–Crippen LogP) is 5.02. The van der Waals surface area contributed by atoms with Crippen LogP contribution in [-0.4, -0.2) is 34.7 Å². The Balaban J connectivity index is 1.98. The molecule has 4 rings (SSSR count). The molecule has 1 aromatic rings. The lowest BCUT2D eigenvalue weighted by molar-refractivity contribution is -0.119. The van der Waals surface area contributed by atoms with Crippen molar-refractivity contribution in [3.05, 3.63) is 57.4 Å². The van der Waals surface area contributed by atoms with Gasteiger partial charge in [0, 0.05) is 52.9 Å². The van der Waals surface area contributed by atoms with Crippen LogP contribution in [-0.2, 0) is 9.59 Å². The van der Waals surface area contributed by atoms with Crippen LogP contribution in [0.5, 0.6) is 0 Å². The van der Waals surface area contributed by atoms with Gasteiger partial charge in [-0.05, 0) is 41.4 Å². The summed E-state index contributed by atoms with van der Waals surface area (Å²) in [6.45, 7) is 8.83. The van der Waals surface area contributed by atoms with E-state index >= 15 is 0 Å². The number of β-amino-alcohol motifs (C(OH)–C–C–N with tert-alkyl or cyclic N) is 1. The van der Waals surface area contributed by atoms with E-state index in [2.05, 4.69) is 32.6 Å². The van der Waals surface area contributed by atoms with Gasteiger partial charge in [-0.2, -0.15) is 0 Å². The highest BCUT2D eigenvalue weighted by Crippen LogP contribution is 2.54. The molecule has 1 heterocycles. The molecular formula is C25H30ClNO3. The molecule has 1 aliphatic heterocycles. The zero-order valence-electron chi connectivity index (χ0n) is 18.2. The third-order valence-corrected chi connectivity index (χ3v) is 6.80. The minimum absolute atomic E-state index is 0.0254. The molecule has 3 aliphatic rings. The molecule has 30 heavy (non-hydrogen) atoms. The summed E-state index contributed by atoms with van der Waals surface area (Å²) in [6.07, 6.45) is 2.43. The van der Waals surface area contributed by atoms with Crippen molar-refractivity contribution in [1.29, 1.82) is 0 Å². The molecule has 1 aromatic carbocycles. The second kappa shape index (κ2) is 7.35. The van der Waals surface area contributed by atoms with Gasteiger partial charge in [0.25, 0.3) is 0 Å². The fraction of sp³-hybridized carbons (Fsp3) is 0.520. The Kier molecular flexibility index (Phi) is 5.22. The second-order valence-electron chi connectivity index (χ2n) is 10.5. The van der Waals surface area contributed by atoms with Gasteiger partial charge < -0.3 is 10.0 Å². The SMILES string of the molecule is CC1(C)CC(=O)C2=C(C1)N(CCO)C1=C(C(=O)CC(C)(C)C1)C2c1ccc(Cl)cc1. The first-order valence-electron chi connectivity index (χ1n) is 10.7. The lowest BCUT2D eigenvalue weighted by Crippen LogP contribution is -2.45. The van der Waals surface area contributed by atoms with Crippen LogP contribution in [0.2, 0.25) is 5.02 Å². The van der Waals surface area contributed by atoms with E-state index in [4.69, 9.17) is 11.6 Å². The van der Waals surface area contributed by atoms with E-state index in [1.54, 1.807) is 0 Å². The van der Waals surface area contributed by atoms with Gasteiger partial charge in [0.1, 0.15) is 0 Å². The number of benzene rings is 1. The Morgan fingerprint density at radius 2 is 1.37 bits per heavy atom. The molecule has 0 spiro atoms. The van der Waals surface area contributed by atoms with Crippen molar-refractivity contribution < 1.29 is 14.7 Å². The second-order valence-corrected chi connectivity index (χ2v) is 10.9. The summed E-state index contributed by atoms with van der Waals surface area (Å²) in [7, 11) is 0. The summed E-state index contributed by atoms with van der Waals surface area (Å²) in [5.74, 6) is -0.143. The number of aliphatic hydroxyl groups excluding tert-OH is 1. The van der Waals surface area contributed by atoms with Crippen LogP contribution in [0.1, 0.15) is 64.9 Å². The molecular weight excluding hydrogens is 398 g/mol. The van der Waals surface area contributed by atoms with Crippen LogP contribution < -0.4 is 0 Å². The fourth-order valence-corrected chi connectivity index (χ4v) is 5.53. The Morgan fingerprint density at radius 3 is 1.80 bits per heavy atom. The number of carbonyl (C=O) groups excluding carboxylic acids is 2. The number of Topliss-reactive ketones (excluding diaryl/α,β-unsaturated/α-hetero) is 2. The number of hydrogen-bond donors (Lipinski definition) is 1. The molecule has 0 saturated heterocycles. The molecule has 0 unspecified atom stereocenters. The third-order valence-electron chi connectivity index (χ3n) is 6.55. The Bertz CT molecular complexity index is 915. The Morgan fingerprint density at radius 1 is 0.900 bits per heavy atom. The predicted molar refractivity (Wildman–Crippen MR) is 118 cm³/mol. The lowest BCUT2D eigenvalue weighted by Gasteiger charge is -2.49. The van der Waals surface area contributed by atoms with Gasteiger partial charge in [0.05, 0.1) is 6.61 Å². The lowest BCUT2D eigenvalue weighted by atomic mass is 9.63. The molecule has 0 fully saturated rings. The first-order chi connectivity index (χ1) is 14.0. The largest absolute Gasteiger partial charge is 0.395 e.